The molecule has 42 nitrogen and oxygen atoms in total. The third-order valence-electron chi connectivity index (χ3n) is 16.3. The van der Waals surface area contributed by atoms with Crippen molar-refractivity contribution in [3.63, 3.8) is 0 Å². The molecule has 0 aliphatic carbocycles. The van der Waals surface area contributed by atoms with E-state index < -0.39 is 211 Å². The van der Waals surface area contributed by atoms with Gasteiger partial charge < -0.3 is 171 Å². The minimum Gasteiger partial charge on any atom is -0.390 e. The first-order chi connectivity index (χ1) is 54.5. The van der Waals surface area contributed by atoms with E-state index in [1.165, 1.54) is 13.2 Å². The number of methoxy groups -OCH3 is 1. The molecule has 0 amide bonds. The normalized spacial score (nSPS) is 34.2. The topological polar surface area (TPSA) is 674 Å². The van der Waals surface area contributed by atoms with Crippen molar-refractivity contribution in [3.8, 4) is 0 Å². The van der Waals surface area contributed by atoms with Crippen LogP contribution in [0.5, 0.6) is 0 Å². The summed E-state index contributed by atoms with van der Waals surface area (Å²) in [6, 6.07) is -4.88. The summed E-state index contributed by atoms with van der Waals surface area (Å²) in [6.07, 6.45) is -2.51. The third-order valence-corrected chi connectivity index (χ3v) is 20.2. The summed E-state index contributed by atoms with van der Waals surface area (Å²) in [5, 5.41) is 68.2. The highest BCUT2D eigenvalue weighted by Gasteiger charge is 2.46. The van der Waals surface area contributed by atoms with Crippen molar-refractivity contribution < 1.29 is 203 Å². The SMILES string of the molecule is C[C@H]1CC(O)[C@@H](/C=C/P(=O)(O)O)O1.[B][C@@H]1O[C@H](/C=C/P(=O)(O)O)C(O)[C@@H]1OC.[B][C@@H]1O[C@H](/C=C/P(=O)(O)O)C(O)[C@@H]1OCCC.[B][C@@H]1O[C@H](/C=C/P(=O)(O)O)C(O)[C@@H]1OCCC.[B][C@@H]1O[C@H](/C=C/P(=O)(O)O)C(O)[C@@H]1OCCCC.[B][C@@H]1O[C@H](/C=C/P(=O)(O)O)C(O)[C@@H]1OCCCC.[B][C@@H]1O[C@H](/C=C/P(=O)(O)O)C(O)[C@@H]1OCCOCCC. The van der Waals surface area contributed by atoms with Gasteiger partial charge in [-0.25, -0.2) is 0 Å². The van der Waals surface area contributed by atoms with Crippen molar-refractivity contribution in [1.82, 2.24) is 0 Å². The molecule has 21 N–H and O–H groups in total. The Morgan fingerprint density at radius 2 is 0.508 bits per heavy atom. The summed E-state index contributed by atoms with van der Waals surface area (Å²) < 4.78 is 147. The lowest BCUT2D eigenvalue weighted by Crippen LogP contribution is -2.36. The highest BCUT2D eigenvalue weighted by Crippen LogP contribution is 2.43. The van der Waals surface area contributed by atoms with Crippen LogP contribution in [-0.4, -0.2) is 369 Å². The zero-order chi connectivity index (χ0) is 90.5. The molecule has 118 heavy (non-hydrogen) atoms. The van der Waals surface area contributed by atoms with Gasteiger partial charge in [0.25, 0.3) is 0 Å². The van der Waals surface area contributed by atoms with Crippen molar-refractivity contribution in [1.29, 1.82) is 0 Å². The lowest BCUT2D eigenvalue weighted by atomic mass is 9.93. The minimum absolute atomic E-state index is 0.0681. The van der Waals surface area contributed by atoms with Gasteiger partial charge in [0.15, 0.2) is 0 Å². The first-order valence-electron chi connectivity index (χ1n) is 36.8. The molecule has 0 saturated carbocycles. The first-order valence-corrected chi connectivity index (χ1v) is 48.5. The van der Waals surface area contributed by atoms with Gasteiger partial charge in [0.2, 0.25) is 0 Å². The van der Waals surface area contributed by atoms with Crippen LogP contribution in [-0.2, 0) is 98.3 Å². The maximum atomic E-state index is 10.7. The Morgan fingerprint density at radius 1 is 0.297 bits per heavy atom. The highest BCUT2D eigenvalue weighted by atomic mass is 31.2. The number of rotatable bonds is 35. The van der Waals surface area contributed by atoms with Crippen molar-refractivity contribution in [3.05, 3.63) is 83.3 Å². The van der Waals surface area contributed by atoms with E-state index in [9.17, 15) is 67.7 Å². The molecular formula is C63H113B6O42P7. The van der Waals surface area contributed by atoms with Gasteiger partial charge in [-0.05, 0) is 81.6 Å². The van der Waals surface area contributed by atoms with Crippen LogP contribution in [0.25, 0.3) is 0 Å². The molecule has 670 valence electrons. The maximum absolute atomic E-state index is 10.7. The summed E-state index contributed by atoms with van der Waals surface area (Å²) in [4.78, 5) is 121. The third kappa shape index (κ3) is 48.1. The van der Waals surface area contributed by atoms with Gasteiger partial charge in [0.05, 0.1) is 25.4 Å². The molecule has 7 aliphatic heterocycles. The Hall–Kier alpha value is -1.22. The van der Waals surface area contributed by atoms with Crippen molar-refractivity contribution >= 4 is 100 Å². The van der Waals surface area contributed by atoms with E-state index in [4.69, 9.17) is 182 Å². The Balaban J connectivity index is 0.000000690. The molecule has 0 bridgehead atoms. The molecule has 12 radical (unpaired) electrons. The minimum atomic E-state index is -4.29. The summed E-state index contributed by atoms with van der Waals surface area (Å²) in [6.45, 7) is 14.7. The number of hydrogen-bond acceptors (Lipinski definition) is 28. The molecular weight excluding hydrogens is 1710 g/mol. The quantitative estimate of drug-likeness (QED) is 0.0197. The fourth-order valence-electron chi connectivity index (χ4n) is 10.7. The van der Waals surface area contributed by atoms with Crippen LogP contribution in [0, 0.1) is 0 Å². The molecule has 7 rings (SSSR count). The van der Waals surface area contributed by atoms with Gasteiger partial charge in [0.1, 0.15) is 163 Å². The van der Waals surface area contributed by atoms with E-state index in [0.717, 1.165) is 87.2 Å². The number of aliphatic hydroxyl groups excluding tert-OH is 7. The van der Waals surface area contributed by atoms with Gasteiger partial charge in [-0.2, -0.15) is 0 Å². The average Bonchev–Trinajstić information content (AvgIpc) is 1.72. The van der Waals surface area contributed by atoms with E-state index in [2.05, 4.69) is 0 Å². The molecule has 7 aliphatic rings. The van der Waals surface area contributed by atoms with Crippen LogP contribution in [0.4, 0.5) is 0 Å². The molecule has 55 heteroatoms. The molecule has 7 saturated heterocycles. The monoisotopic (exact) mass is 1820 g/mol. The van der Waals surface area contributed by atoms with Crippen LogP contribution in [0.3, 0.4) is 0 Å². The fraction of sp³-hybridized carbons (Fsp3) is 0.778. The summed E-state index contributed by atoms with van der Waals surface area (Å²) >= 11 is 0. The largest absolute Gasteiger partial charge is 0.390 e. The number of unbranched alkanes of at least 4 members (excludes halogenated alkanes) is 2. The van der Waals surface area contributed by atoms with Gasteiger partial charge in [-0.1, -0.05) is 47.5 Å². The second kappa shape index (κ2) is 56.2. The van der Waals surface area contributed by atoms with Gasteiger partial charge >= 0.3 is 53.2 Å². The number of ether oxygens (including phenoxy) is 14. The van der Waals surface area contributed by atoms with Crippen molar-refractivity contribution in [2.24, 2.45) is 0 Å². The van der Waals surface area contributed by atoms with E-state index in [0.29, 0.717) is 81.0 Å². The highest BCUT2D eigenvalue weighted by molar-refractivity contribution is 7.56. The van der Waals surface area contributed by atoms with Crippen molar-refractivity contribution in [2.75, 3.05) is 53.4 Å². The smallest absolute Gasteiger partial charge is 0.348 e. The van der Waals surface area contributed by atoms with Gasteiger partial charge in [0, 0.05) is 123 Å². The summed E-state index contributed by atoms with van der Waals surface area (Å²) in [7, 11) is 5.29. The zero-order valence-electron chi connectivity index (χ0n) is 65.8. The molecule has 0 aromatic heterocycles. The van der Waals surface area contributed by atoms with Gasteiger partial charge in [-0.15, -0.1) is 0 Å². The first kappa shape index (κ1) is 115. The standard InChI is InChI=1S/C11H20BO7P.2C10H18BO6P.2C9H16BO6P.C7H12BO6P.C7H13O5P/c1-2-4-17-5-6-18-10-9(13)8(19-11(10)12)3-7-20(14,15)16;2*1-2-3-5-16-9-8(12)7(17-10(9)11)4-6-18(13,14)15;2*1-2-4-15-8-7(11)6(16-9(8)10)3-5-17(12,13)14;1-13-6-5(9)4(14-7(6)8)2-3-15(10,11)12;1-5-4-6(8)7(12-5)2-3-13(9,10)11/h3,7-11,13H,2,4-6H2,1H3,(H2,14,15,16);2*4,6-10,12H,2-3,5H2,1H3,(H2,13,14,15);2*3,5-9,11H,2,4H2,1H3,(H2,12,13,14);2-7,9H,1H3,(H2,10,11,12);2-3,5-8H,4H2,1H3,(H2,9,10,11)/b7-3+;2*6-4+;2*5-3+;2*3-2+/t8-,9?,10+,11-;2*7-,8?,9+,10-;2*6-,7?,8+,9-;4-,5?,6+,7-;5-,6?,7+/m1111110/s1. The second-order valence-electron chi connectivity index (χ2n) is 26.8. The molecule has 7 unspecified atom stereocenters. The van der Waals surface area contributed by atoms with Gasteiger partial charge in [-0.3, -0.25) is 32.0 Å². The Morgan fingerprint density at radius 3 is 0.703 bits per heavy atom. The Kier molecular flexibility index (Phi) is 54.6. The van der Waals surface area contributed by atoms with Crippen molar-refractivity contribution in [2.45, 2.75) is 257 Å². The zero-order valence-corrected chi connectivity index (χ0v) is 72.1. The Bertz CT molecular complexity index is 3270. The van der Waals surface area contributed by atoms with Crippen LogP contribution in [0.1, 0.15) is 92.9 Å². The van der Waals surface area contributed by atoms with E-state index in [-0.39, 0.29) is 12.7 Å². The summed E-state index contributed by atoms with van der Waals surface area (Å²) in [5.74, 6) is 4.89. The van der Waals surface area contributed by atoms with Crippen LogP contribution in [0.2, 0.25) is 0 Å². The molecule has 7 fully saturated rings. The second-order valence-corrected chi connectivity index (χ2v) is 37.1. The van der Waals surface area contributed by atoms with Crippen LogP contribution >= 0.6 is 53.2 Å². The van der Waals surface area contributed by atoms with E-state index in [1.807, 2.05) is 34.6 Å². The maximum Gasteiger partial charge on any atom is 0.348 e. The molecule has 27 atom stereocenters. The lowest BCUT2D eigenvalue weighted by Gasteiger charge is -2.18. The summed E-state index contributed by atoms with van der Waals surface area (Å²) in [5.41, 5.74) is 0. The van der Waals surface area contributed by atoms with Crippen LogP contribution in [0.15, 0.2) is 83.3 Å². The Labute approximate surface area is 693 Å². The average molecular weight is 1820 g/mol. The molecule has 0 spiro atoms. The van der Waals surface area contributed by atoms with E-state index >= 15 is 0 Å². The van der Waals surface area contributed by atoms with Crippen LogP contribution < -0.4 is 0 Å². The molecule has 0 aromatic carbocycles. The fourth-order valence-corrected chi connectivity index (χ4v) is 13.4. The predicted octanol–water partition coefficient (Wildman–Crippen LogP) is -1.40. The predicted molar refractivity (Wildman–Crippen MR) is 427 cm³/mol. The number of hydrogen-bond donors (Lipinski definition) is 21. The number of aliphatic hydroxyl groups is 7. The van der Waals surface area contributed by atoms with E-state index in [1.54, 1.807) is 6.92 Å². The molecule has 7 heterocycles. The molecule has 0 aromatic rings. The lowest BCUT2D eigenvalue weighted by molar-refractivity contribution is -0.0421.